The fraction of sp³-hybridized carbons (Fsp3) is 0.545. The van der Waals surface area contributed by atoms with Gasteiger partial charge >= 0.3 is 5.97 Å². The van der Waals surface area contributed by atoms with E-state index in [0.717, 1.165) is 17.4 Å². The molecule has 9 nitrogen and oxygen atoms in total. The highest BCUT2D eigenvalue weighted by molar-refractivity contribution is 9.12. The molecule has 1 aromatic carbocycles. The smallest absolute Gasteiger partial charge is 0.330 e. The average molecular weight is 586 g/mol. The number of nitro groups is 1. The van der Waals surface area contributed by atoms with Crippen LogP contribution in [0.4, 0.5) is 5.69 Å². The van der Waals surface area contributed by atoms with Crippen LogP contribution in [0.1, 0.15) is 30.6 Å². The van der Waals surface area contributed by atoms with Crippen molar-refractivity contribution in [1.29, 1.82) is 0 Å². The second kappa shape index (κ2) is 8.90. The van der Waals surface area contributed by atoms with Gasteiger partial charge in [0.1, 0.15) is 6.04 Å². The van der Waals surface area contributed by atoms with Crippen LogP contribution in [0, 0.1) is 39.7 Å². The third-order valence-electron chi connectivity index (χ3n) is 6.90. The van der Waals surface area contributed by atoms with E-state index in [-0.39, 0.29) is 44.6 Å². The van der Waals surface area contributed by atoms with Crippen molar-refractivity contribution in [1.82, 2.24) is 4.90 Å². The lowest BCUT2D eigenvalue weighted by atomic mass is 9.81. The van der Waals surface area contributed by atoms with Crippen LogP contribution >= 0.6 is 31.9 Å². The Kier molecular flexibility index (Phi) is 6.47. The van der Waals surface area contributed by atoms with Gasteiger partial charge in [0, 0.05) is 27.4 Å². The van der Waals surface area contributed by atoms with Crippen LogP contribution in [0.25, 0.3) is 0 Å². The monoisotopic (exact) mass is 584 g/mol. The number of ether oxygens (including phenoxy) is 1. The molecule has 1 heterocycles. The Labute approximate surface area is 206 Å². The minimum atomic E-state index is -1.14. The summed E-state index contributed by atoms with van der Waals surface area (Å²) in [4.78, 5) is 63.5. The number of esters is 1. The van der Waals surface area contributed by atoms with E-state index in [1.165, 1.54) is 18.2 Å². The molecule has 33 heavy (non-hydrogen) atoms. The number of halogens is 2. The van der Waals surface area contributed by atoms with Crippen LogP contribution in [-0.2, 0) is 19.1 Å². The maximum Gasteiger partial charge on any atom is 0.330 e. The molecule has 176 valence electrons. The van der Waals surface area contributed by atoms with Gasteiger partial charge in [0.25, 0.3) is 5.69 Å². The normalized spacial score (nSPS) is 31.1. The van der Waals surface area contributed by atoms with E-state index in [2.05, 4.69) is 31.9 Å². The summed E-state index contributed by atoms with van der Waals surface area (Å²) in [6.45, 7) is 2.76. The minimum Gasteiger partial charge on any atom is -0.456 e. The Morgan fingerprint density at radius 1 is 1.15 bits per heavy atom. The molecular formula is C22H22Br2N2O7. The van der Waals surface area contributed by atoms with Crippen molar-refractivity contribution in [2.24, 2.45) is 29.6 Å². The lowest BCUT2D eigenvalue weighted by Crippen LogP contribution is -2.50. The predicted molar refractivity (Wildman–Crippen MR) is 123 cm³/mol. The third kappa shape index (κ3) is 3.92. The predicted octanol–water partition coefficient (Wildman–Crippen LogP) is 3.12. The quantitative estimate of drug-likeness (QED) is 0.120. The van der Waals surface area contributed by atoms with Gasteiger partial charge < -0.3 is 4.74 Å². The number of fused-ring (bicyclic) bond motifs is 5. The Balaban J connectivity index is 1.49. The van der Waals surface area contributed by atoms with E-state index in [1.807, 2.05) is 0 Å². The van der Waals surface area contributed by atoms with E-state index in [1.54, 1.807) is 13.8 Å². The van der Waals surface area contributed by atoms with Crippen LogP contribution < -0.4 is 0 Å². The number of nitro benzene ring substituents is 1. The van der Waals surface area contributed by atoms with Crippen LogP contribution in [0.2, 0.25) is 0 Å². The molecule has 7 atom stereocenters. The molecule has 4 rings (SSSR count). The molecule has 2 amide bonds. The molecule has 2 aliphatic carbocycles. The van der Waals surface area contributed by atoms with Crippen molar-refractivity contribution in [3.8, 4) is 0 Å². The molecule has 1 saturated heterocycles. The number of alkyl halides is 2. The highest BCUT2D eigenvalue weighted by atomic mass is 79.9. The highest BCUT2D eigenvalue weighted by Crippen LogP contribution is 2.60. The van der Waals surface area contributed by atoms with E-state index in [4.69, 9.17) is 4.74 Å². The second-order valence-corrected chi connectivity index (χ2v) is 11.2. The zero-order valence-electron chi connectivity index (χ0n) is 17.9. The highest BCUT2D eigenvalue weighted by Gasteiger charge is 2.67. The number of likely N-dealkylation sites (tertiary alicyclic amines) is 1. The van der Waals surface area contributed by atoms with E-state index in [9.17, 15) is 29.3 Å². The molecule has 0 unspecified atom stereocenters. The van der Waals surface area contributed by atoms with E-state index >= 15 is 0 Å². The van der Waals surface area contributed by atoms with E-state index in [0.29, 0.717) is 0 Å². The summed E-state index contributed by atoms with van der Waals surface area (Å²) in [5.41, 5.74) is -0.221. The molecule has 11 heteroatoms. The van der Waals surface area contributed by atoms with Crippen LogP contribution in [0.15, 0.2) is 24.3 Å². The first-order valence-electron chi connectivity index (χ1n) is 10.6. The number of ketones is 1. The molecule has 1 aliphatic heterocycles. The number of carbonyl (C=O) groups excluding carboxylic acids is 4. The summed E-state index contributed by atoms with van der Waals surface area (Å²) in [6, 6.07) is 3.97. The zero-order chi connectivity index (χ0) is 24.2. The van der Waals surface area contributed by atoms with Crippen molar-refractivity contribution < 1.29 is 28.8 Å². The number of imide groups is 1. The number of rotatable bonds is 7. The van der Waals surface area contributed by atoms with Gasteiger partial charge in [-0.25, -0.2) is 4.79 Å². The number of non-ortho nitro benzene ring substituents is 1. The van der Waals surface area contributed by atoms with Gasteiger partial charge in [-0.15, -0.1) is 0 Å². The van der Waals surface area contributed by atoms with Crippen molar-refractivity contribution >= 4 is 61.1 Å². The topological polar surface area (TPSA) is 124 Å². The fourth-order valence-corrected chi connectivity index (χ4v) is 7.29. The number of nitrogens with zero attached hydrogens (tertiary/aromatic N) is 2. The number of benzene rings is 1. The third-order valence-corrected chi connectivity index (χ3v) is 10.1. The van der Waals surface area contributed by atoms with Crippen LogP contribution in [0.3, 0.4) is 0 Å². The lowest BCUT2D eigenvalue weighted by molar-refractivity contribution is -0.384. The number of Topliss-reactive ketones (excluding diaryl/α,β-unsaturated/α-hetero) is 1. The standard InChI is InChI=1S/C22H22Br2N2O7/c1-9(2)19(22(30)33-8-14(27)10-4-3-5-11(6-10)26(31)32)25-20(28)15-12-7-13(16(15)21(25)29)18(24)17(12)23/h3-6,9,12-13,15-19H,7-8H2,1-2H3/t12-,13-,15-,16+,17-,18+,19-/m0/s1. The van der Waals surface area contributed by atoms with Gasteiger partial charge in [0.05, 0.1) is 16.8 Å². The van der Waals surface area contributed by atoms with Gasteiger partial charge in [-0.3, -0.25) is 29.4 Å². The van der Waals surface area contributed by atoms with Crippen molar-refractivity contribution in [2.75, 3.05) is 6.61 Å². The number of hydrogen-bond acceptors (Lipinski definition) is 7. The maximum absolute atomic E-state index is 13.3. The number of carbonyl (C=O) groups is 4. The first-order valence-corrected chi connectivity index (χ1v) is 12.5. The summed E-state index contributed by atoms with van der Waals surface area (Å²) >= 11 is 7.27. The SMILES string of the molecule is CC(C)[C@@H](C(=O)OCC(=O)c1cccc([N+](=O)[O-])c1)N1C(=O)[C@@H]2[C@@H]3C[C@H]([C@H](Br)[C@@H]3Br)[C@@H]2C1=O. The summed E-state index contributed by atoms with van der Waals surface area (Å²) in [5, 5.41) is 10.9. The summed E-state index contributed by atoms with van der Waals surface area (Å²) in [7, 11) is 0. The molecule has 0 spiro atoms. The van der Waals surface area contributed by atoms with E-state index < -0.39 is 47.1 Å². The van der Waals surface area contributed by atoms with Gasteiger partial charge in [0.15, 0.2) is 6.61 Å². The lowest BCUT2D eigenvalue weighted by Gasteiger charge is -2.28. The second-order valence-electron chi connectivity index (χ2n) is 9.08. The zero-order valence-corrected chi connectivity index (χ0v) is 21.0. The summed E-state index contributed by atoms with van der Waals surface area (Å²) in [5.74, 6) is -3.48. The average Bonchev–Trinajstić information content (AvgIpc) is 3.38. The Morgan fingerprint density at radius 3 is 2.24 bits per heavy atom. The molecule has 1 aromatic rings. The first kappa shape index (κ1) is 24.0. The molecule has 3 fully saturated rings. The molecule has 2 bridgehead atoms. The Morgan fingerprint density at radius 2 is 1.73 bits per heavy atom. The largest absolute Gasteiger partial charge is 0.456 e. The molecule has 2 saturated carbocycles. The molecule has 0 aromatic heterocycles. The van der Waals surface area contributed by atoms with Gasteiger partial charge in [-0.05, 0) is 24.2 Å². The van der Waals surface area contributed by atoms with Crippen molar-refractivity contribution in [3.63, 3.8) is 0 Å². The maximum atomic E-state index is 13.3. The summed E-state index contributed by atoms with van der Waals surface area (Å²) < 4.78 is 5.20. The van der Waals surface area contributed by atoms with Gasteiger partial charge in [0.2, 0.25) is 17.6 Å². The van der Waals surface area contributed by atoms with Gasteiger partial charge in [-0.1, -0.05) is 57.8 Å². The number of amides is 2. The molecule has 3 aliphatic rings. The Hall–Kier alpha value is -2.14. The Bertz CT molecular complexity index is 1010. The fourth-order valence-electron chi connectivity index (χ4n) is 5.42. The van der Waals surface area contributed by atoms with Gasteiger partial charge in [-0.2, -0.15) is 0 Å². The van der Waals surface area contributed by atoms with Crippen molar-refractivity contribution in [2.45, 2.75) is 36.0 Å². The first-order chi connectivity index (χ1) is 15.5. The van der Waals surface area contributed by atoms with Crippen LogP contribution in [-0.4, -0.2) is 55.7 Å². The summed E-state index contributed by atoms with van der Waals surface area (Å²) in [6.07, 6.45) is 0.779. The van der Waals surface area contributed by atoms with Crippen LogP contribution in [0.5, 0.6) is 0 Å². The molecule has 0 N–H and O–H groups in total. The molecule has 0 radical (unpaired) electrons. The van der Waals surface area contributed by atoms with Crippen molar-refractivity contribution in [3.05, 3.63) is 39.9 Å². The number of hydrogen-bond donors (Lipinski definition) is 0. The minimum absolute atomic E-state index is 0.0186. The molecular weight excluding hydrogens is 564 g/mol.